The van der Waals surface area contributed by atoms with Crippen LogP contribution in [-0.4, -0.2) is 56.9 Å². The molecule has 11 heteroatoms. The maximum atomic E-state index is 12.2. The highest BCUT2D eigenvalue weighted by atomic mass is 32.2. The molecule has 154 valence electrons. The molecule has 1 fully saturated rings. The standard InChI is InChI=1S/C17H21F2N3O5S/c1-28(23,24)21-16-6-7-25-10-12(16)11-26-14-4-2-13(3-5-14)22-9-15(8-20-22)27-17(18)19/h2-5,8-9,12,16-17,21H,6-7,10-11H2,1H3. The summed E-state index contributed by atoms with van der Waals surface area (Å²) in [7, 11) is -3.31. The van der Waals surface area contributed by atoms with Gasteiger partial charge in [-0.25, -0.2) is 17.8 Å². The number of sulfonamides is 1. The van der Waals surface area contributed by atoms with Crippen molar-refractivity contribution in [1.29, 1.82) is 0 Å². The largest absolute Gasteiger partial charge is 0.493 e. The van der Waals surface area contributed by atoms with Gasteiger partial charge in [0.05, 0.1) is 37.6 Å². The number of hydrogen-bond donors (Lipinski definition) is 1. The van der Waals surface area contributed by atoms with Gasteiger partial charge in [-0.2, -0.15) is 13.9 Å². The summed E-state index contributed by atoms with van der Waals surface area (Å²) >= 11 is 0. The van der Waals surface area contributed by atoms with Gasteiger partial charge in [-0.1, -0.05) is 0 Å². The Balaban J connectivity index is 1.58. The first-order valence-corrected chi connectivity index (χ1v) is 10.5. The van der Waals surface area contributed by atoms with Gasteiger partial charge in [0.2, 0.25) is 10.0 Å². The highest BCUT2D eigenvalue weighted by Gasteiger charge is 2.28. The Morgan fingerprint density at radius 2 is 2.07 bits per heavy atom. The van der Waals surface area contributed by atoms with Gasteiger partial charge in [-0.05, 0) is 30.7 Å². The van der Waals surface area contributed by atoms with Crippen LogP contribution in [0.2, 0.25) is 0 Å². The molecule has 1 aromatic heterocycles. The molecule has 0 bridgehead atoms. The van der Waals surface area contributed by atoms with Crippen LogP contribution in [-0.2, 0) is 14.8 Å². The zero-order chi connectivity index (χ0) is 20.1. The Morgan fingerprint density at radius 3 is 2.75 bits per heavy atom. The third kappa shape index (κ3) is 5.88. The minimum Gasteiger partial charge on any atom is -0.493 e. The van der Waals surface area contributed by atoms with Crippen LogP contribution in [0.15, 0.2) is 36.7 Å². The number of rotatable bonds is 8. The van der Waals surface area contributed by atoms with E-state index in [0.717, 1.165) is 6.26 Å². The van der Waals surface area contributed by atoms with Crippen molar-refractivity contribution in [3.63, 3.8) is 0 Å². The van der Waals surface area contributed by atoms with Gasteiger partial charge in [0.1, 0.15) is 5.75 Å². The maximum absolute atomic E-state index is 12.2. The van der Waals surface area contributed by atoms with Crippen molar-refractivity contribution < 1.29 is 31.4 Å². The van der Waals surface area contributed by atoms with Crippen molar-refractivity contribution in [2.75, 3.05) is 26.1 Å². The van der Waals surface area contributed by atoms with Gasteiger partial charge in [0, 0.05) is 18.6 Å². The molecule has 1 aromatic carbocycles. The van der Waals surface area contributed by atoms with E-state index in [1.54, 1.807) is 24.3 Å². The molecule has 0 spiro atoms. The van der Waals surface area contributed by atoms with E-state index < -0.39 is 16.6 Å². The highest BCUT2D eigenvalue weighted by molar-refractivity contribution is 7.88. The highest BCUT2D eigenvalue weighted by Crippen LogP contribution is 2.21. The lowest BCUT2D eigenvalue weighted by atomic mass is 9.98. The molecule has 2 heterocycles. The van der Waals surface area contributed by atoms with Crippen molar-refractivity contribution in [3.05, 3.63) is 36.7 Å². The van der Waals surface area contributed by atoms with Gasteiger partial charge in [-0.15, -0.1) is 0 Å². The Morgan fingerprint density at radius 1 is 1.32 bits per heavy atom. The summed E-state index contributed by atoms with van der Waals surface area (Å²) in [6.07, 6.45) is 4.27. The fraction of sp³-hybridized carbons (Fsp3) is 0.471. The zero-order valence-corrected chi connectivity index (χ0v) is 15.9. The summed E-state index contributed by atoms with van der Waals surface area (Å²) in [5, 5.41) is 3.97. The summed E-state index contributed by atoms with van der Waals surface area (Å²) in [5.74, 6) is 0.448. The molecule has 1 saturated heterocycles. The average Bonchev–Trinajstić information content (AvgIpc) is 3.08. The molecule has 1 aliphatic heterocycles. The van der Waals surface area contributed by atoms with Crippen LogP contribution in [0.1, 0.15) is 6.42 Å². The van der Waals surface area contributed by atoms with Gasteiger partial charge in [0.15, 0.2) is 5.75 Å². The van der Waals surface area contributed by atoms with E-state index in [0.29, 0.717) is 37.7 Å². The number of alkyl halides is 2. The molecule has 1 N–H and O–H groups in total. The third-order valence-electron chi connectivity index (χ3n) is 4.19. The van der Waals surface area contributed by atoms with E-state index in [1.165, 1.54) is 17.1 Å². The molecule has 3 rings (SSSR count). The molecule has 0 amide bonds. The number of benzene rings is 1. The topological polar surface area (TPSA) is 91.7 Å². The summed E-state index contributed by atoms with van der Waals surface area (Å²) < 4.78 is 67.0. The quantitative estimate of drug-likeness (QED) is 0.704. The second kappa shape index (κ2) is 8.84. The van der Waals surface area contributed by atoms with E-state index in [-0.39, 0.29) is 17.7 Å². The van der Waals surface area contributed by atoms with Gasteiger partial charge in [0.25, 0.3) is 0 Å². The number of nitrogens with one attached hydrogen (secondary N) is 1. The zero-order valence-electron chi connectivity index (χ0n) is 15.1. The average molecular weight is 417 g/mol. The van der Waals surface area contributed by atoms with Crippen molar-refractivity contribution in [1.82, 2.24) is 14.5 Å². The van der Waals surface area contributed by atoms with Crippen LogP contribution in [0, 0.1) is 5.92 Å². The Labute approximate surface area is 161 Å². The Hall–Kier alpha value is -2.24. The van der Waals surface area contributed by atoms with Crippen LogP contribution in [0.25, 0.3) is 5.69 Å². The van der Waals surface area contributed by atoms with Crippen LogP contribution in [0.4, 0.5) is 8.78 Å². The molecule has 0 aliphatic carbocycles. The van der Waals surface area contributed by atoms with Crippen molar-refractivity contribution in [3.8, 4) is 17.2 Å². The molecule has 2 atom stereocenters. The SMILES string of the molecule is CS(=O)(=O)NC1CCOCC1COc1ccc(-n2cc(OC(F)F)cn2)cc1. The summed E-state index contributed by atoms with van der Waals surface area (Å²) in [4.78, 5) is 0. The van der Waals surface area contributed by atoms with E-state index in [1.807, 2.05) is 0 Å². The molecule has 0 radical (unpaired) electrons. The number of aromatic nitrogens is 2. The van der Waals surface area contributed by atoms with E-state index >= 15 is 0 Å². The van der Waals surface area contributed by atoms with E-state index in [2.05, 4.69) is 14.6 Å². The molecule has 28 heavy (non-hydrogen) atoms. The first-order valence-electron chi connectivity index (χ1n) is 8.58. The molecule has 0 saturated carbocycles. The fourth-order valence-electron chi connectivity index (χ4n) is 2.90. The smallest absolute Gasteiger partial charge is 0.387 e. The van der Waals surface area contributed by atoms with Crippen LogP contribution < -0.4 is 14.2 Å². The number of hydrogen-bond acceptors (Lipinski definition) is 6. The number of halogens is 2. The first-order chi connectivity index (χ1) is 13.3. The normalized spacial score (nSPS) is 20.3. The lowest BCUT2D eigenvalue weighted by Gasteiger charge is -2.31. The van der Waals surface area contributed by atoms with Crippen molar-refractivity contribution >= 4 is 10.0 Å². The lowest BCUT2D eigenvalue weighted by molar-refractivity contribution is -0.0498. The number of nitrogens with zero attached hydrogens (tertiary/aromatic N) is 2. The van der Waals surface area contributed by atoms with Crippen LogP contribution >= 0.6 is 0 Å². The first kappa shape index (κ1) is 20.5. The van der Waals surface area contributed by atoms with Gasteiger partial charge in [-0.3, -0.25) is 0 Å². The summed E-state index contributed by atoms with van der Waals surface area (Å²) in [6, 6.07) is 6.64. The van der Waals surface area contributed by atoms with Gasteiger partial charge < -0.3 is 14.2 Å². The second-order valence-electron chi connectivity index (χ2n) is 6.42. The van der Waals surface area contributed by atoms with Crippen LogP contribution in [0.3, 0.4) is 0 Å². The Bertz CT molecular complexity index is 873. The Kier molecular flexibility index (Phi) is 6.47. The lowest BCUT2D eigenvalue weighted by Crippen LogP contribution is -2.47. The second-order valence-corrected chi connectivity index (χ2v) is 8.20. The molecular formula is C17H21F2N3O5S. The predicted octanol–water partition coefficient (Wildman–Crippen LogP) is 1.81. The maximum Gasteiger partial charge on any atom is 0.387 e. The molecule has 1 aliphatic rings. The van der Waals surface area contributed by atoms with Crippen LogP contribution in [0.5, 0.6) is 11.5 Å². The summed E-state index contributed by atoms with van der Waals surface area (Å²) in [6.45, 7) is -1.70. The fourth-order valence-corrected chi connectivity index (χ4v) is 3.76. The predicted molar refractivity (Wildman–Crippen MR) is 96.4 cm³/mol. The minimum atomic E-state index is -3.31. The third-order valence-corrected chi connectivity index (χ3v) is 4.92. The van der Waals surface area contributed by atoms with Gasteiger partial charge >= 0.3 is 6.61 Å². The molecule has 2 aromatic rings. The van der Waals surface area contributed by atoms with E-state index in [9.17, 15) is 17.2 Å². The molecule has 8 nitrogen and oxygen atoms in total. The minimum absolute atomic E-state index is 0.0305. The van der Waals surface area contributed by atoms with Crippen molar-refractivity contribution in [2.45, 2.75) is 19.1 Å². The van der Waals surface area contributed by atoms with E-state index in [4.69, 9.17) is 9.47 Å². The molecule has 2 unspecified atom stereocenters. The monoisotopic (exact) mass is 417 g/mol. The molecular weight excluding hydrogens is 396 g/mol. The summed E-state index contributed by atoms with van der Waals surface area (Å²) in [5.41, 5.74) is 0.647. The number of ether oxygens (including phenoxy) is 3. The van der Waals surface area contributed by atoms with Crippen molar-refractivity contribution in [2.24, 2.45) is 5.92 Å².